The van der Waals surface area contributed by atoms with Crippen LogP contribution >= 0.6 is 11.6 Å². The van der Waals surface area contributed by atoms with Crippen molar-refractivity contribution in [2.75, 3.05) is 5.32 Å². The van der Waals surface area contributed by atoms with Crippen molar-refractivity contribution < 1.29 is 14.7 Å². The van der Waals surface area contributed by atoms with Crippen molar-refractivity contribution in [1.29, 1.82) is 0 Å². The maximum atomic E-state index is 12.2. The van der Waals surface area contributed by atoms with E-state index in [4.69, 9.17) is 16.7 Å². The van der Waals surface area contributed by atoms with Crippen LogP contribution in [0.1, 0.15) is 21.5 Å². The summed E-state index contributed by atoms with van der Waals surface area (Å²) in [5.74, 6) is -1.24. The standard InChI is InChI=1S/C16H14ClNO3/c1-10-5-6-13(14(17)7-10)16(21)18-12-4-2-3-11(8-12)9-15(19)20/h2-8H,9H2,1H3,(H,18,21)(H,19,20). The summed E-state index contributed by atoms with van der Waals surface area (Å²) >= 11 is 6.05. The average molecular weight is 304 g/mol. The Morgan fingerprint density at radius 1 is 1.19 bits per heavy atom. The van der Waals surface area contributed by atoms with E-state index in [0.717, 1.165) is 5.56 Å². The topological polar surface area (TPSA) is 66.4 Å². The normalized spacial score (nSPS) is 10.2. The summed E-state index contributed by atoms with van der Waals surface area (Å²) in [7, 11) is 0. The highest BCUT2D eigenvalue weighted by molar-refractivity contribution is 6.34. The van der Waals surface area contributed by atoms with Gasteiger partial charge in [-0.05, 0) is 42.3 Å². The Balaban J connectivity index is 2.17. The Morgan fingerprint density at radius 2 is 1.95 bits per heavy atom. The smallest absolute Gasteiger partial charge is 0.307 e. The molecule has 0 aliphatic rings. The number of aryl methyl sites for hydroxylation is 1. The average Bonchev–Trinajstić information content (AvgIpc) is 2.37. The zero-order valence-corrected chi connectivity index (χ0v) is 12.1. The van der Waals surface area contributed by atoms with Crippen LogP contribution in [0.25, 0.3) is 0 Å². The summed E-state index contributed by atoms with van der Waals surface area (Å²) in [6.07, 6.45) is -0.0883. The molecule has 0 fully saturated rings. The van der Waals surface area contributed by atoms with E-state index in [-0.39, 0.29) is 12.3 Å². The molecule has 0 aliphatic heterocycles. The number of hydrogen-bond acceptors (Lipinski definition) is 2. The third kappa shape index (κ3) is 4.07. The third-order valence-corrected chi connectivity index (χ3v) is 3.22. The van der Waals surface area contributed by atoms with Gasteiger partial charge in [0, 0.05) is 5.69 Å². The van der Waals surface area contributed by atoms with Gasteiger partial charge in [-0.25, -0.2) is 0 Å². The second-order valence-corrected chi connectivity index (χ2v) is 5.12. The van der Waals surface area contributed by atoms with Crippen molar-refractivity contribution in [3.63, 3.8) is 0 Å². The molecule has 2 N–H and O–H groups in total. The van der Waals surface area contributed by atoms with Gasteiger partial charge in [0.05, 0.1) is 17.0 Å². The summed E-state index contributed by atoms with van der Waals surface area (Å²) in [6.45, 7) is 1.89. The highest BCUT2D eigenvalue weighted by Gasteiger charge is 2.11. The number of anilines is 1. The first-order chi connectivity index (χ1) is 9.95. The first-order valence-corrected chi connectivity index (χ1v) is 6.72. The van der Waals surface area contributed by atoms with E-state index >= 15 is 0 Å². The number of carboxylic acid groups (broad SMARTS) is 1. The highest BCUT2D eigenvalue weighted by atomic mass is 35.5. The number of carboxylic acids is 1. The zero-order chi connectivity index (χ0) is 15.4. The molecule has 0 atom stereocenters. The minimum absolute atomic E-state index is 0.0883. The Hall–Kier alpha value is -2.33. The molecule has 0 unspecified atom stereocenters. The van der Waals surface area contributed by atoms with Gasteiger partial charge in [-0.15, -0.1) is 0 Å². The molecular formula is C16H14ClNO3. The fourth-order valence-corrected chi connectivity index (χ4v) is 2.26. The summed E-state index contributed by atoms with van der Waals surface area (Å²) in [6, 6.07) is 11.9. The molecule has 4 nitrogen and oxygen atoms in total. The molecule has 5 heteroatoms. The number of carbonyl (C=O) groups is 2. The van der Waals surface area contributed by atoms with Crippen molar-refractivity contribution in [3.8, 4) is 0 Å². The van der Waals surface area contributed by atoms with Crippen molar-refractivity contribution >= 4 is 29.2 Å². The van der Waals surface area contributed by atoms with Gasteiger partial charge < -0.3 is 10.4 Å². The van der Waals surface area contributed by atoms with Gasteiger partial charge in [-0.3, -0.25) is 9.59 Å². The van der Waals surface area contributed by atoms with E-state index in [0.29, 0.717) is 21.8 Å². The predicted molar refractivity (Wildman–Crippen MR) is 81.9 cm³/mol. The van der Waals surface area contributed by atoms with E-state index in [1.807, 2.05) is 13.0 Å². The molecule has 1 amide bonds. The maximum Gasteiger partial charge on any atom is 0.307 e. The zero-order valence-electron chi connectivity index (χ0n) is 11.4. The molecular weight excluding hydrogens is 290 g/mol. The predicted octanol–water partition coefficient (Wildman–Crippen LogP) is 3.53. The lowest BCUT2D eigenvalue weighted by molar-refractivity contribution is -0.136. The monoisotopic (exact) mass is 303 g/mol. The second kappa shape index (κ2) is 6.41. The van der Waals surface area contributed by atoms with Gasteiger partial charge in [0.1, 0.15) is 0 Å². The van der Waals surface area contributed by atoms with E-state index in [1.165, 1.54) is 0 Å². The van der Waals surface area contributed by atoms with E-state index in [1.54, 1.807) is 36.4 Å². The number of amides is 1. The van der Waals surface area contributed by atoms with Crippen LogP contribution in [0.4, 0.5) is 5.69 Å². The van der Waals surface area contributed by atoms with Crippen LogP contribution in [-0.2, 0) is 11.2 Å². The minimum Gasteiger partial charge on any atom is -0.481 e. The molecule has 0 spiro atoms. The molecule has 0 saturated carbocycles. The molecule has 108 valence electrons. The molecule has 2 rings (SSSR count). The van der Waals surface area contributed by atoms with Gasteiger partial charge in [-0.2, -0.15) is 0 Å². The van der Waals surface area contributed by atoms with Crippen LogP contribution in [0.15, 0.2) is 42.5 Å². The fraction of sp³-hybridized carbons (Fsp3) is 0.125. The van der Waals surface area contributed by atoms with Crippen LogP contribution < -0.4 is 5.32 Å². The molecule has 0 bridgehead atoms. The van der Waals surface area contributed by atoms with Crippen LogP contribution in [0.2, 0.25) is 5.02 Å². The van der Waals surface area contributed by atoms with E-state index < -0.39 is 5.97 Å². The molecule has 2 aromatic carbocycles. The van der Waals surface area contributed by atoms with Crippen molar-refractivity contribution in [2.45, 2.75) is 13.3 Å². The molecule has 0 radical (unpaired) electrons. The number of aliphatic carboxylic acids is 1. The number of rotatable bonds is 4. The van der Waals surface area contributed by atoms with E-state index in [9.17, 15) is 9.59 Å². The summed E-state index contributed by atoms with van der Waals surface area (Å²) in [5, 5.41) is 11.9. The summed E-state index contributed by atoms with van der Waals surface area (Å²) < 4.78 is 0. The number of halogens is 1. The fourth-order valence-electron chi connectivity index (χ4n) is 1.94. The first kappa shape index (κ1) is 15.1. The molecule has 0 aliphatic carbocycles. The second-order valence-electron chi connectivity index (χ2n) is 4.71. The summed E-state index contributed by atoms with van der Waals surface area (Å²) in [4.78, 5) is 22.9. The SMILES string of the molecule is Cc1ccc(C(=O)Nc2cccc(CC(=O)O)c2)c(Cl)c1. The first-order valence-electron chi connectivity index (χ1n) is 6.34. The molecule has 0 aromatic heterocycles. The summed E-state index contributed by atoms with van der Waals surface area (Å²) in [5.41, 5.74) is 2.51. The van der Waals surface area contributed by atoms with Gasteiger partial charge in [-0.1, -0.05) is 29.8 Å². The number of hydrogen-bond donors (Lipinski definition) is 2. The van der Waals surface area contributed by atoms with Gasteiger partial charge in [0.15, 0.2) is 0 Å². The van der Waals surface area contributed by atoms with Crippen LogP contribution in [0.3, 0.4) is 0 Å². The quantitative estimate of drug-likeness (QED) is 0.908. The Bertz CT molecular complexity index is 698. The Kier molecular flexibility index (Phi) is 4.60. The Morgan fingerprint density at radius 3 is 2.62 bits per heavy atom. The maximum absolute atomic E-state index is 12.2. The van der Waals surface area contributed by atoms with Gasteiger partial charge >= 0.3 is 5.97 Å². The molecule has 0 saturated heterocycles. The van der Waals surface area contributed by atoms with Crippen molar-refractivity contribution in [1.82, 2.24) is 0 Å². The largest absolute Gasteiger partial charge is 0.481 e. The number of benzene rings is 2. The molecule has 21 heavy (non-hydrogen) atoms. The number of nitrogens with one attached hydrogen (secondary N) is 1. The van der Waals surface area contributed by atoms with Crippen LogP contribution in [0.5, 0.6) is 0 Å². The lowest BCUT2D eigenvalue weighted by atomic mass is 10.1. The third-order valence-electron chi connectivity index (χ3n) is 2.91. The van der Waals surface area contributed by atoms with E-state index in [2.05, 4.69) is 5.32 Å². The highest BCUT2D eigenvalue weighted by Crippen LogP contribution is 2.19. The molecule has 2 aromatic rings. The van der Waals surface area contributed by atoms with Gasteiger partial charge in [0.25, 0.3) is 5.91 Å². The Labute approximate surface area is 127 Å². The minimum atomic E-state index is -0.917. The van der Waals surface area contributed by atoms with Gasteiger partial charge in [0.2, 0.25) is 0 Å². The van der Waals surface area contributed by atoms with Crippen molar-refractivity contribution in [2.24, 2.45) is 0 Å². The van der Waals surface area contributed by atoms with Crippen LogP contribution in [0, 0.1) is 6.92 Å². The lowest BCUT2D eigenvalue weighted by Crippen LogP contribution is -2.13. The number of carbonyl (C=O) groups excluding carboxylic acids is 1. The van der Waals surface area contributed by atoms with Crippen molar-refractivity contribution in [3.05, 3.63) is 64.2 Å². The molecule has 0 heterocycles. The van der Waals surface area contributed by atoms with Crippen LogP contribution in [-0.4, -0.2) is 17.0 Å². The lowest BCUT2D eigenvalue weighted by Gasteiger charge is -2.08.